The zero-order valence-electron chi connectivity index (χ0n) is 8.81. The minimum atomic E-state index is 0.373. The number of hydrogen-bond acceptors (Lipinski definition) is 3. The van der Waals surface area contributed by atoms with E-state index in [-0.39, 0.29) is 0 Å². The Bertz CT molecular complexity index is 359. The van der Waals surface area contributed by atoms with Gasteiger partial charge in [0.05, 0.1) is 11.4 Å². The number of pyridine rings is 1. The van der Waals surface area contributed by atoms with Gasteiger partial charge in [-0.3, -0.25) is 4.98 Å². The van der Waals surface area contributed by atoms with E-state index >= 15 is 0 Å². The highest BCUT2D eigenvalue weighted by Crippen LogP contribution is 2.24. The largest absolute Gasteiger partial charge is 0.359 e. The Hall–Kier alpha value is -1.51. The molecule has 1 aliphatic rings. The quantitative estimate of drug-likeness (QED) is 0.673. The lowest BCUT2D eigenvalue weighted by atomic mass is 10.3. The van der Waals surface area contributed by atoms with Crippen LogP contribution in [0.1, 0.15) is 12.6 Å². The molecular weight excluding hydrogens is 174 g/mol. The molecule has 0 aliphatic carbocycles. The maximum atomic E-state index is 4.29. The third-order valence-corrected chi connectivity index (χ3v) is 2.71. The molecule has 1 aromatic rings. The van der Waals surface area contributed by atoms with Crippen LogP contribution in [0.3, 0.4) is 0 Å². The van der Waals surface area contributed by atoms with Crippen LogP contribution in [0.4, 0.5) is 5.69 Å². The molecule has 2 rings (SSSR count). The third-order valence-electron chi connectivity index (χ3n) is 2.71. The van der Waals surface area contributed by atoms with E-state index in [9.17, 15) is 0 Å². The van der Waals surface area contributed by atoms with Crippen LogP contribution in [0.5, 0.6) is 0 Å². The number of rotatable bonds is 1. The van der Waals surface area contributed by atoms with E-state index < -0.39 is 0 Å². The summed E-state index contributed by atoms with van der Waals surface area (Å²) in [4.78, 5) is 8.69. The lowest BCUT2D eigenvalue weighted by Gasteiger charge is -2.27. The van der Waals surface area contributed by atoms with Crippen LogP contribution in [0.2, 0.25) is 0 Å². The summed E-state index contributed by atoms with van der Waals surface area (Å²) in [5.41, 5.74) is 2.25. The summed E-state index contributed by atoms with van der Waals surface area (Å²) in [5, 5.41) is 0. The van der Waals surface area contributed by atoms with Gasteiger partial charge in [-0.05, 0) is 26.0 Å². The van der Waals surface area contributed by atoms with Crippen molar-refractivity contribution in [1.29, 1.82) is 0 Å². The van der Waals surface area contributed by atoms with Gasteiger partial charge in [0.1, 0.15) is 6.17 Å². The van der Waals surface area contributed by atoms with Crippen molar-refractivity contribution in [1.82, 2.24) is 9.88 Å². The smallest absolute Gasteiger partial charge is 0.102 e. The number of nitrogens with zero attached hydrogens (tertiary/aromatic N) is 3. The summed E-state index contributed by atoms with van der Waals surface area (Å²) in [6, 6.07) is 4.07. The van der Waals surface area contributed by atoms with Gasteiger partial charge >= 0.3 is 0 Å². The molecule has 74 valence electrons. The molecule has 0 spiro atoms. The van der Waals surface area contributed by atoms with Crippen molar-refractivity contribution in [2.75, 3.05) is 11.9 Å². The first-order valence-electron chi connectivity index (χ1n) is 4.80. The molecule has 0 amide bonds. The van der Waals surface area contributed by atoms with Crippen molar-refractivity contribution >= 4 is 5.69 Å². The zero-order valence-corrected chi connectivity index (χ0v) is 8.81. The first-order chi connectivity index (χ1) is 6.70. The molecule has 0 aromatic carbocycles. The average Bonchev–Trinajstić information content (AvgIpc) is 2.49. The van der Waals surface area contributed by atoms with Gasteiger partial charge in [-0.1, -0.05) is 0 Å². The summed E-state index contributed by atoms with van der Waals surface area (Å²) >= 11 is 0. The third kappa shape index (κ3) is 1.35. The molecule has 1 aliphatic heterocycles. The van der Waals surface area contributed by atoms with E-state index in [1.165, 1.54) is 5.69 Å². The van der Waals surface area contributed by atoms with Gasteiger partial charge in [0.15, 0.2) is 0 Å². The first-order valence-corrected chi connectivity index (χ1v) is 4.80. The Morgan fingerprint density at radius 2 is 2.14 bits per heavy atom. The Labute approximate surface area is 84.7 Å². The Balaban J connectivity index is 2.33. The fourth-order valence-corrected chi connectivity index (χ4v) is 1.65. The van der Waals surface area contributed by atoms with Crippen LogP contribution in [-0.2, 0) is 0 Å². The molecule has 0 N–H and O–H groups in total. The fraction of sp³-hybridized carbons (Fsp3) is 0.364. The van der Waals surface area contributed by atoms with Gasteiger partial charge in [-0.2, -0.15) is 0 Å². The molecule has 1 unspecified atom stereocenters. The van der Waals surface area contributed by atoms with Crippen LogP contribution >= 0.6 is 0 Å². The van der Waals surface area contributed by atoms with Gasteiger partial charge in [0, 0.05) is 25.6 Å². The van der Waals surface area contributed by atoms with Crippen molar-refractivity contribution in [3.05, 3.63) is 36.4 Å². The summed E-state index contributed by atoms with van der Waals surface area (Å²) in [6.07, 6.45) is 6.37. The summed E-state index contributed by atoms with van der Waals surface area (Å²) in [7, 11) is 2.08. The Kier molecular flexibility index (Phi) is 2.15. The second-order valence-corrected chi connectivity index (χ2v) is 3.61. The molecule has 3 nitrogen and oxygen atoms in total. The minimum absolute atomic E-state index is 0.373. The van der Waals surface area contributed by atoms with Gasteiger partial charge < -0.3 is 9.80 Å². The lowest BCUT2D eigenvalue weighted by molar-refractivity contribution is 0.383. The first kappa shape index (κ1) is 9.06. The normalized spacial score (nSPS) is 20.6. The van der Waals surface area contributed by atoms with E-state index in [0.717, 1.165) is 5.69 Å². The van der Waals surface area contributed by atoms with Crippen LogP contribution in [-0.4, -0.2) is 23.1 Å². The Morgan fingerprint density at radius 1 is 1.36 bits per heavy atom. The molecule has 3 heteroatoms. The molecule has 0 fully saturated rings. The fourth-order valence-electron chi connectivity index (χ4n) is 1.65. The molecule has 0 radical (unpaired) electrons. The lowest BCUT2D eigenvalue weighted by Crippen LogP contribution is -2.33. The number of hydrogen-bond donors (Lipinski definition) is 0. The number of aryl methyl sites for hydroxylation is 1. The highest BCUT2D eigenvalue weighted by molar-refractivity contribution is 5.54. The summed E-state index contributed by atoms with van der Waals surface area (Å²) in [5.74, 6) is 0. The molecule has 0 saturated heterocycles. The number of aromatic nitrogens is 1. The summed E-state index contributed by atoms with van der Waals surface area (Å²) in [6.45, 7) is 4.21. The standard InChI is InChI=1S/C11H15N3/c1-9-11(5-4-6-12-9)14-8-7-13(3)10(14)2/h4-8,10H,1-3H3. The highest BCUT2D eigenvalue weighted by atomic mass is 15.4. The minimum Gasteiger partial charge on any atom is -0.359 e. The maximum Gasteiger partial charge on any atom is 0.102 e. The van der Waals surface area contributed by atoms with Gasteiger partial charge in [0.2, 0.25) is 0 Å². The van der Waals surface area contributed by atoms with Crippen LogP contribution in [0.25, 0.3) is 0 Å². The SMILES string of the molecule is Cc1ncccc1N1C=CN(C)C1C. The van der Waals surface area contributed by atoms with Crippen LogP contribution in [0.15, 0.2) is 30.7 Å². The highest BCUT2D eigenvalue weighted by Gasteiger charge is 2.21. The molecule has 0 saturated carbocycles. The average molecular weight is 189 g/mol. The van der Waals surface area contributed by atoms with Crippen molar-refractivity contribution in [3.63, 3.8) is 0 Å². The van der Waals surface area contributed by atoms with Gasteiger partial charge in [-0.25, -0.2) is 0 Å². The molecular formula is C11H15N3. The van der Waals surface area contributed by atoms with E-state index in [4.69, 9.17) is 0 Å². The van der Waals surface area contributed by atoms with E-state index in [1.54, 1.807) is 0 Å². The van der Waals surface area contributed by atoms with Crippen molar-refractivity contribution < 1.29 is 0 Å². The van der Waals surface area contributed by atoms with Gasteiger partial charge in [0.25, 0.3) is 0 Å². The molecule has 1 atom stereocenters. The van der Waals surface area contributed by atoms with Gasteiger partial charge in [-0.15, -0.1) is 0 Å². The molecule has 2 heterocycles. The molecule has 14 heavy (non-hydrogen) atoms. The molecule has 1 aromatic heterocycles. The van der Waals surface area contributed by atoms with Crippen molar-refractivity contribution in [2.45, 2.75) is 20.0 Å². The topological polar surface area (TPSA) is 19.4 Å². The van der Waals surface area contributed by atoms with E-state index in [1.807, 2.05) is 19.2 Å². The Morgan fingerprint density at radius 3 is 2.71 bits per heavy atom. The van der Waals surface area contributed by atoms with Crippen LogP contribution < -0.4 is 4.90 Å². The van der Waals surface area contributed by atoms with Crippen molar-refractivity contribution in [2.24, 2.45) is 0 Å². The monoisotopic (exact) mass is 189 g/mol. The zero-order chi connectivity index (χ0) is 10.1. The van der Waals surface area contributed by atoms with Crippen molar-refractivity contribution in [3.8, 4) is 0 Å². The summed E-state index contributed by atoms with van der Waals surface area (Å²) < 4.78 is 0. The molecule has 0 bridgehead atoms. The van der Waals surface area contributed by atoms with E-state index in [2.05, 4.69) is 47.2 Å². The second kappa shape index (κ2) is 3.33. The van der Waals surface area contributed by atoms with E-state index in [0.29, 0.717) is 6.17 Å². The van der Waals surface area contributed by atoms with Crippen LogP contribution in [0, 0.1) is 6.92 Å². The maximum absolute atomic E-state index is 4.29. The predicted octanol–water partition coefficient (Wildman–Crippen LogP) is 1.96. The number of anilines is 1. The second-order valence-electron chi connectivity index (χ2n) is 3.61. The predicted molar refractivity (Wildman–Crippen MR) is 57.8 cm³/mol.